The third kappa shape index (κ3) is 3.99. The Morgan fingerprint density at radius 3 is 2.68 bits per heavy atom. The molecule has 4 aromatic rings. The van der Waals surface area contributed by atoms with Crippen LogP contribution in [0.15, 0.2) is 57.7 Å². The van der Waals surface area contributed by atoms with E-state index in [1.54, 1.807) is 24.3 Å². The highest BCUT2D eigenvalue weighted by Crippen LogP contribution is 2.32. The lowest BCUT2D eigenvalue weighted by Gasteiger charge is -2.29. The van der Waals surface area contributed by atoms with Crippen molar-refractivity contribution in [3.05, 3.63) is 63.8 Å². The van der Waals surface area contributed by atoms with Crippen LogP contribution in [0, 0.1) is 0 Å². The minimum absolute atomic E-state index is 0. The summed E-state index contributed by atoms with van der Waals surface area (Å²) in [6, 6.07) is 14.5. The van der Waals surface area contributed by atoms with Crippen LogP contribution in [-0.2, 0) is 0 Å². The number of aromatic nitrogens is 1. The second-order valence-electron chi connectivity index (χ2n) is 7.10. The lowest BCUT2D eigenvalue weighted by Crippen LogP contribution is -2.43. The monoisotopic (exact) mass is 458 g/mol. The topological polar surface area (TPSA) is 93.6 Å². The van der Waals surface area contributed by atoms with Gasteiger partial charge in [0.05, 0.1) is 10.4 Å². The Balaban J connectivity index is 0.00000231. The molecule has 2 aromatic heterocycles. The van der Waals surface area contributed by atoms with Crippen molar-refractivity contribution in [2.45, 2.75) is 0 Å². The number of nitrogens with one attached hydrogen (secondary N) is 1. The number of anilines is 2. The molecule has 160 valence electrons. The molecule has 0 unspecified atom stereocenters. The van der Waals surface area contributed by atoms with Crippen LogP contribution < -0.4 is 26.1 Å². The van der Waals surface area contributed by atoms with Gasteiger partial charge in [-0.3, -0.25) is 4.79 Å². The SMILES string of the molecule is Cl.Nc1nc2c(=O)c3c(Cl)cccc3oc2cc1Oc1cccc(N2CCNCC2)c1. The van der Waals surface area contributed by atoms with Crippen LogP contribution in [0.3, 0.4) is 0 Å². The molecule has 0 spiro atoms. The number of fused-ring (bicyclic) bond motifs is 2. The predicted molar refractivity (Wildman–Crippen MR) is 126 cm³/mol. The zero-order valence-corrected chi connectivity index (χ0v) is 18.0. The van der Waals surface area contributed by atoms with Crippen molar-refractivity contribution in [3.63, 3.8) is 0 Å². The van der Waals surface area contributed by atoms with E-state index in [1.807, 2.05) is 18.2 Å². The number of nitrogen functional groups attached to an aromatic ring is 1. The molecule has 5 rings (SSSR count). The van der Waals surface area contributed by atoms with Crippen molar-refractivity contribution < 1.29 is 9.15 Å². The van der Waals surface area contributed by atoms with Crippen molar-refractivity contribution >= 4 is 57.6 Å². The predicted octanol–water partition coefficient (Wildman–Crippen LogP) is 4.20. The summed E-state index contributed by atoms with van der Waals surface area (Å²) in [5, 5.41) is 3.94. The highest BCUT2D eigenvalue weighted by molar-refractivity contribution is 6.35. The Bertz CT molecular complexity index is 1320. The molecule has 1 saturated heterocycles. The number of piperazine rings is 1. The fourth-order valence-corrected chi connectivity index (χ4v) is 3.91. The van der Waals surface area contributed by atoms with Crippen LogP contribution in [0.1, 0.15) is 0 Å². The smallest absolute Gasteiger partial charge is 0.220 e. The summed E-state index contributed by atoms with van der Waals surface area (Å²) in [4.78, 5) is 19.4. The third-order valence-corrected chi connectivity index (χ3v) is 5.46. The molecular weight excluding hydrogens is 439 g/mol. The average Bonchev–Trinajstić information content (AvgIpc) is 2.76. The van der Waals surface area contributed by atoms with E-state index in [2.05, 4.69) is 21.3 Å². The maximum Gasteiger partial charge on any atom is 0.220 e. The lowest BCUT2D eigenvalue weighted by molar-refractivity contribution is 0.482. The van der Waals surface area contributed by atoms with Crippen molar-refractivity contribution in [2.75, 3.05) is 36.8 Å². The molecule has 1 aliphatic heterocycles. The molecule has 9 heteroatoms. The molecule has 31 heavy (non-hydrogen) atoms. The first-order valence-corrected chi connectivity index (χ1v) is 10.0. The van der Waals surface area contributed by atoms with Crippen LogP contribution in [0.2, 0.25) is 5.02 Å². The van der Waals surface area contributed by atoms with E-state index >= 15 is 0 Å². The van der Waals surface area contributed by atoms with E-state index in [-0.39, 0.29) is 40.1 Å². The number of hydrogen-bond acceptors (Lipinski definition) is 7. The minimum Gasteiger partial charge on any atom is -0.454 e. The standard InChI is InChI=1S/C22H19ClN4O3.ClH/c23-15-5-2-6-16-19(15)21(28)20-17(30-16)12-18(22(24)26-20)29-14-4-1-3-13(11-14)27-9-7-25-8-10-27;/h1-6,11-12,25H,7-10H2,(H2,24,26);1H. The molecule has 2 aromatic carbocycles. The average molecular weight is 459 g/mol. The quantitative estimate of drug-likeness (QED) is 0.444. The summed E-state index contributed by atoms with van der Waals surface area (Å²) in [6.45, 7) is 3.76. The first-order valence-electron chi connectivity index (χ1n) is 9.65. The summed E-state index contributed by atoms with van der Waals surface area (Å²) >= 11 is 6.17. The third-order valence-electron chi connectivity index (χ3n) is 5.15. The molecule has 0 saturated carbocycles. The van der Waals surface area contributed by atoms with Gasteiger partial charge in [0.2, 0.25) is 5.43 Å². The van der Waals surface area contributed by atoms with Gasteiger partial charge in [-0.05, 0) is 24.3 Å². The fourth-order valence-electron chi connectivity index (χ4n) is 3.65. The van der Waals surface area contributed by atoms with Gasteiger partial charge in [-0.15, -0.1) is 12.4 Å². The minimum atomic E-state index is -0.323. The largest absolute Gasteiger partial charge is 0.454 e. The molecular formula is C22H20Cl2N4O3. The van der Waals surface area contributed by atoms with Crippen molar-refractivity contribution in [3.8, 4) is 11.5 Å². The van der Waals surface area contributed by atoms with Crippen LogP contribution in [0.5, 0.6) is 11.5 Å². The number of benzene rings is 2. The highest BCUT2D eigenvalue weighted by Gasteiger charge is 2.16. The molecule has 0 amide bonds. The number of hydrogen-bond donors (Lipinski definition) is 2. The van der Waals surface area contributed by atoms with E-state index in [4.69, 9.17) is 26.5 Å². The number of rotatable bonds is 3. The maximum absolute atomic E-state index is 12.8. The molecule has 3 N–H and O–H groups in total. The van der Waals surface area contributed by atoms with Gasteiger partial charge in [0.15, 0.2) is 22.7 Å². The summed E-state index contributed by atoms with van der Waals surface area (Å²) in [7, 11) is 0. The lowest BCUT2D eigenvalue weighted by atomic mass is 10.2. The fraction of sp³-hybridized carbons (Fsp3) is 0.182. The number of halogens is 2. The Labute approximate surface area is 189 Å². The summed E-state index contributed by atoms with van der Waals surface area (Å²) in [6.07, 6.45) is 0. The van der Waals surface area contributed by atoms with E-state index in [9.17, 15) is 4.79 Å². The van der Waals surface area contributed by atoms with Crippen molar-refractivity contribution in [2.24, 2.45) is 0 Å². The molecule has 7 nitrogen and oxygen atoms in total. The first kappa shape index (κ1) is 21.2. The Morgan fingerprint density at radius 1 is 1.10 bits per heavy atom. The Hall–Kier alpha value is -3.00. The summed E-state index contributed by atoms with van der Waals surface area (Å²) in [5.74, 6) is 1.06. The Morgan fingerprint density at radius 2 is 1.87 bits per heavy atom. The van der Waals surface area contributed by atoms with Gasteiger partial charge in [-0.25, -0.2) is 4.98 Å². The van der Waals surface area contributed by atoms with E-state index in [1.165, 1.54) is 0 Å². The zero-order valence-electron chi connectivity index (χ0n) is 16.4. The van der Waals surface area contributed by atoms with Crippen LogP contribution in [-0.4, -0.2) is 31.2 Å². The number of nitrogens with two attached hydrogens (primary N) is 1. The van der Waals surface area contributed by atoms with Gasteiger partial charge in [0, 0.05) is 44.0 Å². The van der Waals surface area contributed by atoms with Gasteiger partial charge in [-0.1, -0.05) is 23.7 Å². The molecule has 1 aliphatic rings. The molecule has 0 radical (unpaired) electrons. The van der Waals surface area contributed by atoms with Crippen LogP contribution in [0.25, 0.3) is 22.1 Å². The second-order valence-corrected chi connectivity index (χ2v) is 7.51. The zero-order chi connectivity index (χ0) is 20.7. The molecule has 1 fully saturated rings. The van der Waals surface area contributed by atoms with Crippen LogP contribution >= 0.6 is 24.0 Å². The molecule has 0 aliphatic carbocycles. The summed E-state index contributed by atoms with van der Waals surface area (Å²) in [5.41, 5.74) is 7.65. The second kappa shape index (κ2) is 8.63. The highest BCUT2D eigenvalue weighted by atomic mass is 35.5. The molecule has 3 heterocycles. The number of nitrogens with zero attached hydrogens (tertiary/aromatic N) is 2. The van der Waals surface area contributed by atoms with E-state index in [0.717, 1.165) is 31.9 Å². The van der Waals surface area contributed by atoms with Gasteiger partial charge in [0.25, 0.3) is 0 Å². The van der Waals surface area contributed by atoms with Crippen molar-refractivity contribution in [1.82, 2.24) is 10.3 Å². The molecule has 0 bridgehead atoms. The van der Waals surface area contributed by atoms with Gasteiger partial charge in [0.1, 0.15) is 11.3 Å². The van der Waals surface area contributed by atoms with Crippen molar-refractivity contribution in [1.29, 1.82) is 0 Å². The maximum atomic E-state index is 12.8. The Kier molecular flexibility index (Phi) is 5.91. The van der Waals surface area contributed by atoms with Gasteiger partial charge in [-0.2, -0.15) is 0 Å². The normalized spacial score (nSPS) is 13.9. The van der Waals surface area contributed by atoms with Gasteiger partial charge < -0.3 is 25.1 Å². The number of ether oxygens (including phenoxy) is 1. The van der Waals surface area contributed by atoms with Gasteiger partial charge >= 0.3 is 0 Å². The van der Waals surface area contributed by atoms with Crippen LogP contribution in [0.4, 0.5) is 11.5 Å². The number of pyridine rings is 1. The molecule has 0 atom stereocenters. The summed E-state index contributed by atoms with van der Waals surface area (Å²) < 4.78 is 11.9. The first-order chi connectivity index (χ1) is 14.6. The van der Waals surface area contributed by atoms with E-state index < -0.39 is 0 Å². The van der Waals surface area contributed by atoms with E-state index in [0.29, 0.717) is 22.1 Å².